The zero-order chi connectivity index (χ0) is 28.5. The molecule has 0 aliphatic rings. The van der Waals surface area contributed by atoms with Crippen molar-refractivity contribution in [3.8, 4) is 17.6 Å². The molecule has 0 unspecified atom stereocenters. The summed E-state index contributed by atoms with van der Waals surface area (Å²) in [5.74, 6) is 0.670. The molecule has 0 saturated heterocycles. The van der Waals surface area contributed by atoms with E-state index in [4.69, 9.17) is 9.47 Å². The number of hydrogen-bond acceptors (Lipinski definition) is 6. The number of nitrogens with one attached hydrogen (secondary N) is 1. The molecule has 0 saturated carbocycles. The van der Waals surface area contributed by atoms with Crippen LogP contribution in [0.25, 0.3) is 6.08 Å². The fourth-order valence-electron chi connectivity index (χ4n) is 3.60. The van der Waals surface area contributed by atoms with Gasteiger partial charge in [-0.05, 0) is 94.2 Å². The minimum atomic E-state index is -0.537. The number of carbonyl (C=O) groups is 1. The van der Waals surface area contributed by atoms with E-state index >= 15 is 0 Å². The van der Waals surface area contributed by atoms with Crippen LogP contribution in [0.15, 0.2) is 101 Å². The number of nitrogens with zero attached hydrogens (tertiary/aromatic N) is 2. The molecule has 0 aliphatic heterocycles. The highest BCUT2D eigenvalue weighted by Crippen LogP contribution is 2.28. The zero-order valence-electron chi connectivity index (χ0n) is 21.5. The quantitative estimate of drug-likeness (QED) is 0.0883. The van der Waals surface area contributed by atoms with Crippen molar-refractivity contribution in [2.24, 2.45) is 0 Å². The summed E-state index contributed by atoms with van der Waals surface area (Å²) < 4.78 is 12.2. The number of halogens is 1. The number of nitriles is 1. The molecular weight excluding hydrogens is 574 g/mol. The number of anilines is 1. The lowest BCUT2D eigenvalue weighted by molar-refractivity contribution is -0.384. The van der Waals surface area contributed by atoms with Crippen LogP contribution in [0.3, 0.4) is 0 Å². The van der Waals surface area contributed by atoms with Gasteiger partial charge in [-0.1, -0.05) is 35.9 Å². The summed E-state index contributed by atoms with van der Waals surface area (Å²) in [5.41, 5.74) is 4.12. The van der Waals surface area contributed by atoms with Gasteiger partial charge in [-0.15, -0.1) is 0 Å². The van der Waals surface area contributed by atoms with Crippen molar-refractivity contribution in [2.75, 3.05) is 5.32 Å². The van der Waals surface area contributed by atoms with Crippen molar-refractivity contribution in [3.63, 3.8) is 0 Å². The number of nitro groups is 1. The molecule has 8 nitrogen and oxygen atoms in total. The van der Waals surface area contributed by atoms with Crippen molar-refractivity contribution in [1.82, 2.24) is 0 Å². The molecule has 1 N–H and O–H groups in total. The van der Waals surface area contributed by atoms with Crippen molar-refractivity contribution >= 4 is 39.3 Å². The van der Waals surface area contributed by atoms with E-state index in [9.17, 15) is 20.2 Å². The van der Waals surface area contributed by atoms with Gasteiger partial charge in [-0.3, -0.25) is 14.9 Å². The summed E-state index contributed by atoms with van der Waals surface area (Å²) in [6, 6.07) is 28.3. The van der Waals surface area contributed by atoms with Crippen LogP contribution in [0.5, 0.6) is 11.5 Å². The van der Waals surface area contributed by atoms with Crippen LogP contribution in [0.2, 0.25) is 0 Å². The number of benzene rings is 4. The number of hydrogen-bond donors (Lipinski definition) is 1. The monoisotopic (exact) mass is 597 g/mol. The number of aryl methyl sites for hydroxylation is 1. The fraction of sp³-hybridized carbons (Fsp3) is 0.0968. The van der Waals surface area contributed by atoms with Crippen LogP contribution in [0.4, 0.5) is 11.4 Å². The van der Waals surface area contributed by atoms with E-state index in [1.807, 2.05) is 37.3 Å². The Kier molecular flexibility index (Phi) is 9.28. The first-order chi connectivity index (χ1) is 19.3. The van der Waals surface area contributed by atoms with Gasteiger partial charge in [0, 0.05) is 17.8 Å². The molecule has 4 aromatic carbocycles. The van der Waals surface area contributed by atoms with Crippen molar-refractivity contribution in [2.45, 2.75) is 20.1 Å². The molecule has 4 rings (SSSR count). The summed E-state index contributed by atoms with van der Waals surface area (Å²) in [5, 5.41) is 23.1. The van der Waals surface area contributed by atoms with E-state index in [1.54, 1.807) is 54.6 Å². The molecule has 0 bridgehead atoms. The second kappa shape index (κ2) is 13.2. The smallest absolute Gasteiger partial charge is 0.269 e. The summed E-state index contributed by atoms with van der Waals surface area (Å²) in [6.07, 6.45) is 1.49. The highest BCUT2D eigenvalue weighted by molar-refractivity contribution is 9.10. The molecule has 200 valence electrons. The van der Waals surface area contributed by atoms with E-state index in [0.29, 0.717) is 33.8 Å². The van der Waals surface area contributed by atoms with Crippen LogP contribution in [0, 0.1) is 28.4 Å². The zero-order valence-corrected chi connectivity index (χ0v) is 23.1. The van der Waals surface area contributed by atoms with E-state index < -0.39 is 10.8 Å². The van der Waals surface area contributed by atoms with E-state index in [1.165, 1.54) is 23.8 Å². The first-order valence-corrected chi connectivity index (χ1v) is 13.0. The minimum Gasteiger partial charge on any atom is -0.489 e. The fourth-order valence-corrected chi connectivity index (χ4v) is 4.11. The first-order valence-electron chi connectivity index (χ1n) is 12.2. The Bertz CT molecular complexity index is 1580. The summed E-state index contributed by atoms with van der Waals surface area (Å²) in [7, 11) is 0. The number of amides is 1. The Balaban J connectivity index is 1.34. The molecule has 0 spiro atoms. The summed E-state index contributed by atoms with van der Waals surface area (Å²) in [6.45, 7) is 2.68. The SMILES string of the molecule is Cc1ccc(COc2ccc(NC(=O)/C(C#N)=C/c3ccc(OCc4ccc([N+](=O)[O-])cc4)c(Br)c3)cc2)cc1. The maximum atomic E-state index is 12.7. The van der Waals surface area contributed by atoms with Gasteiger partial charge in [0.1, 0.15) is 36.4 Å². The Morgan fingerprint density at radius 3 is 2.17 bits per heavy atom. The Morgan fingerprint density at radius 1 is 0.950 bits per heavy atom. The topological polar surface area (TPSA) is 114 Å². The van der Waals surface area contributed by atoms with Crippen LogP contribution in [0.1, 0.15) is 22.3 Å². The van der Waals surface area contributed by atoms with Crippen LogP contribution < -0.4 is 14.8 Å². The lowest BCUT2D eigenvalue weighted by Gasteiger charge is -2.10. The van der Waals surface area contributed by atoms with Crippen molar-refractivity contribution in [3.05, 3.63) is 133 Å². The van der Waals surface area contributed by atoms with Crippen LogP contribution >= 0.6 is 15.9 Å². The van der Waals surface area contributed by atoms with Crippen molar-refractivity contribution in [1.29, 1.82) is 5.26 Å². The van der Waals surface area contributed by atoms with Crippen LogP contribution in [-0.2, 0) is 18.0 Å². The average Bonchev–Trinajstić information content (AvgIpc) is 2.96. The van der Waals surface area contributed by atoms with E-state index in [-0.39, 0.29) is 17.9 Å². The summed E-state index contributed by atoms with van der Waals surface area (Å²) >= 11 is 3.45. The average molecular weight is 598 g/mol. The molecule has 40 heavy (non-hydrogen) atoms. The molecule has 1 amide bonds. The summed E-state index contributed by atoms with van der Waals surface area (Å²) in [4.78, 5) is 23.1. The van der Waals surface area contributed by atoms with Gasteiger partial charge in [0.25, 0.3) is 11.6 Å². The van der Waals surface area contributed by atoms with Crippen molar-refractivity contribution < 1.29 is 19.2 Å². The normalized spacial score (nSPS) is 10.9. The second-order valence-electron chi connectivity index (χ2n) is 8.82. The first kappa shape index (κ1) is 28.1. The number of rotatable bonds is 10. The van der Waals surface area contributed by atoms with E-state index in [0.717, 1.165) is 11.1 Å². The van der Waals surface area contributed by atoms with Gasteiger partial charge < -0.3 is 14.8 Å². The lowest BCUT2D eigenvalue weighted by atomic mass is 10.1. The van der Waals surface area contributed by atoms with Crippen LogP contribution in [-0.4, -0.2) is 10.8 Å². The molecule has 0 radical (unpaired) electrons. The number of non-ortho nitro benzene ring substituents is 1. The van der Waals surface area contributed by atoms with Gasteiger partial charge in [0.2, 0.25) is 0 Å². The highest BCUT2D eigenvalue weighted by Gasteiger charge is 2.11. The third kappa shape index (κ3) is 7.79. The number of nitro benzene ring substituents is 1. The van der Waals surface area contributed by atoms with E-state index in [2.05, 4.69) is 21.2 Å². The van der Waals surface area contributed by atoms with Gasteiger partial charge in [-0.2, -0.15) is 5.26 Å². The number of ether oxygens (including phenoxy) is 2. The molecule has 9 heteroatoms. The van der Waals surface area contributed by atoms with Gasteiger partial charge in [-0.25, -0.2) is 0 Å². The minimum absolute atomic E-state index is 0.0123. The maximum absolute atomic E-state index is 12.7. The van der Waals surface area contributed by atoms with Gasteiger partial charge in [0.05, 0.1) is 9.40 Å². The van der Waals surface area contributed by atoms with Gasteiger partial charge >= 0.3 is 0 Å². The lowest BCUT2D eigenvalue weighted by Crippen LogP contribution is -2.13. The molecule has 0 aliphatic carbocycles. The number of carbonyl (C=O) groups excluding carboxylic acids is 1. The Hall–Kier alpha value is -4.94. The maximum Gasteiger partial charge on any atom is 0.269 e. The third-order valence-electron chi connectivity index (χ3n) is 5.81. The molecule has 0 heterocycles. The molecular formula is C31H24BrN3O5. The molecule has 0 fully saturated rings. The Labute approximate surface area is 239 Å². The third-order valence-corrected chi connectivity index (χ3v) is 6.43. The predicted octanol–water partition coefficient (Wildman–Crippen LogP) is 7.37. The van der Waals surface area contributed by atoms with Gasteiger partial charge in [0.15, 0.2) is 0 Å². The predicted molar refractivity (Wildman–Crippen MR) is 156 cm³/mol. The second-order valence-corrected chi connectivity index (χ2v) is 9.68. The molecule has 4 aromatic rings. The Morgan fingerprint density at radius 2 is 1.57 bits per heavy atom. The molecule has 0 aromatic heterocycles. The highest BCUT2D eigenvalue weighted by atomic mass is 79.9. The standard InChI is InChI=1S/C31H24BrN3O5/c1-21-2-4-22(5-3-21)19-39-28-13-9-26(10-14-28)34-31(36)25(18-33)16-24-8-15-30(29(32)17-24)40-20-23-6-11-27(12-7-23)35(37)38/h2-17H,19-20H2,1H3,(H,34,36)/b25-16+. The molecule has 0 atom stereocenters. The largest absolute Gasteiger partial charge is 0.489 e.